The Morgan fingerprint density at radius 2 is 2.00 bits per heavy atom. The summed E-state index contributed by atoms with van der Waals surface area (Å²) in [6.07, 6.45) is 2.54. The Balaban J connectivity index is 2.11. The summed E-state index contributed by atoms with van der Waals surface area (Å²) in [5, 5.41) is 0. The summed E-state index contributed by atoms with van der Waals surface area (Å²) in [5.74, 6) is 1.69. The number of hydrogen-bond donors (Lipinski definition) is 1. The lowest BCUT2D eigenvalue weighted by Crippen LogP contribution is -2.30. The molecule has 0 radical (unpaired) electrons. The van der Waals surface area contributed by atoms with Crippen LogP contribution in [0.15, 0.2) is 18.2 Å². The normalized spacial score (nSPS) is 17.6. The molecule has 0 saturated heterocycles. The molecule has 0 bridgehead atoms. The quantitative estimate of drug-likeness (QED) is 0.885. The third-order valence-electron chi connectivity index (χ3n) is 3.60. The fourth-order valence-corrected chi connectivity index (χ4v) is 2.22. The second-order valence-electron chi connectivity index (χ2n) is 6.56. The maximum absolute atomic E-state index is 6.10. The highest BCUT2D eigenvalue weighted by Gasteiger charge is 2.29. The van der Waals surface area contributed by atoms with E-state index in [4.69, 9.17) is 10.5 Å². The molecule has 1 atom stereocenters. The Morgan fingerprint density at radius 1 is 1.33 bits per heavy atom. The first kappa shape index (κ1) is 13.4. The molecule has 2 N–H and O–H groups in total. The first-order valence-corrected chi connectivity index (χ1v) is 6.87. The summed E-state index contributed by atoms with van der Waals surface area (Å²) in [7, 11) is 0. The van der Waals surface area contributed by atoms with E-state index in [1.165, 1.54) is 24.0 Å². The van der Waals surface area contributed by atoms with Gasteiger partial charge in [0, 0.05) is 6.04 Å². The van der Waals surface area contributed by atoms with E-state index in [1.54, 1.807) is 0 Å². The Kier molecular flexibility index (Phi) is 3.67. The van der Waals surface area contributed by atoms with Gasteiger partial charge < -0.3 is 10.5 Å². The lowest BCUT2D eigenvalue weighted by atomic mass is 9.86. The van der Waals surface area contributed by atoms with Crippen molar-refractivity contribution in [1.82, 2.24) is 0 Å². The molecule has 1 aromatic rings. The minimum absolute atomic E-state index is 0.104. The van der Waals surface area contributed by atoms with Gasteiger partial charge in [-0.15, -0.1) is 0 Å². The third kappa shape index (κ3) is 3.26. The van der Waals surface area contributed by atoms with Crippen molar-refractivity contribution in [1.29, 1.82) is 0 Å². The Hall–Kier alpha value is -1.02. The molecule has 0 spiro atoms. The van der Waals surface area contributed by atoms with Crippen molar-refractivity contribution >= 4 is 0 Å². The Labute approximate surface area is 111 Å². The van der Waals surface area contributed by atoms with E-state index in [0.29, 0.717) is 12.5 Å². The average Bonchev–Trinajstić information content (AvgIpc) is 3.07. The zero-order chi connectivity index (χ0) is 13.3. The highest BCUT2D eigenvalue weighted by Crippen LogP contribution is 2.34. The molecule has 1 unspecified atom stereocenters. The predicted molar refractivity (Wildman–Crippen MR) is 76.1 cm³/mol. The van der Waals surface area contributed by atoms with E-state index in [2.05, 4.69) is 45.9 Å². The number of benzene rings is 1. The Bertz CT molecular complexity index is 416. The summed E-state index contributed by atoms with van der Waals surface area (Å²) in [4.78, 5) is 0. The largest absolute Gasteiger partial charge is 0.492 e. The first-order chi connectivity index (χ1) is 8.38. The number of rotatable bonds is 4. The molecule has 1 aromatic carbocycles. The molecule has 0 aromatic heterocycles. The van der Waals surface area contributed by atoms with Crippen LogP contribution in [0.2, 0.25) is 0 Å². The molecule has 0 amide bonds. The number of hydrogen-bond acceptors (Lipinski definition) is 2. The van der Waals surface area contributed by atoms with Crippen LogP contribution in [-0.2, 0) is 5.41 Å². The lowest BCUT2D eigenvalue weighted by molar-refractivity contribution is 0.270. The topological polar surface area (TPSA) is 35.2 Å². The fraction of sp³-hybridized carbons (Fsp3) is 0.625. The zero-order valence-corrected chi connectivity index (χ0v) is 12.0. The van der Waals surface area contributed by atoms with Gasteiger partial charge in [0.05, 0.1) is 0 Å². The monoisotopic (exact) mass is 247 g/mol. The van der Waals surface area contributed by atoms with E-state index >= 15 is 0 Å². The molecule has 1 aliphatic rings. The standard InChI is InChI=1S/C16H25NO/c1-11-5-8-13(16(2,3)4)15(9-11)18-10-14(17)12-6-7-12/h5,8-9,12,14H,6-7,10,17H2,1-4H3. The van der Waals surface area contributed by atoms with Gasteiger partial charge in [-0.1, -0.05) is 32.9 Å². The van der Waals surface area contributed by atoms with Crippen LogP contribution < -0.4 is 10.5 Å². The van der Waals surface area contributed by atoms with E-state index < -0.39 is 0 Å². The van der Waals surface area contributed by atoms with Crippen LogP contribution >= 0.6 is 0 Å². The molecule has 2 nitrogen and oxygen atoms in total. The summed E-state index contributed by atoms with van der Waals surface area (Å²) in [6, 6.07) is 6.64. The third-order valence-corrected chi connectivity index (χ3v) is 3.60. The van der Waals surface area contributed by atoms with Crippen molar-refractivity contribution in [3.8, 4) is 5.75 Å². The van der Waals surface area contributed by atoms with Gasteiger partial charge in [-0.2, -0.15) is 0 Å². The van der Waals surface area contributed by atoms with Crippen molar-refractivity contribution in [3.63, 3.8) is 0 Å². The first-order valence-electron chi connectivity index (χ1n) is 6.87. The minimum atomic E-state index is 0.104. The Morgan fingerprint density at radius 3 is 2.56 bits per heavy atom. The van der Waals surface area contributed by atoms with Gasteiger partial charge >= 0.3 is 0 Å². The maximum atomic E-state index is 6.10. The van der Waals surface area contributed by atoms with Crippen LogP contribution in [0, 0.1) is 12.8 Å². The molecule has 1 fully saturated rings. The van der Waals surface area contributed by atoms with Crippen LogP contribution in [0.1, 0.15) is 44.7 Å². The SMILES string of the molecule is Cc1ccc(C(C)(C)C)c(OCC(N)C2CC2)c1. The highest BCUT2D eigenvalue weighted by atomic mass is 16.5. The van der Waals surface area contributed by atoms with Gasteiger partial charge in [0.15, 0.2) is 0 Å². The van der Waals surface area contributed by atoms with Gasteiger partial charge in [0.25, 0.3) is 0 Å². The van der Waals surface area contributed by atoms with Gasteiger partial charge in [-0.05, 0) is 48.3 Å². The summed E-state index contributed by atoms with van der Waals surface area (Å²) < 4.78 is 5.98. The fourth-order valence-electron chi connectivity index (χ4n) is 2.22. The molecule has 2 rings (SSSR count). The molecular formula is C16H25NO. The van der Waals surface area contributed by atoms with Gasteiger partial charge in [-0.25, -0.2) is 0 Å². The molecule has 1 saturated carbocycles. The second-order valence-corrected chi connectivity index (χ2v) is 6.56. The van der Waals surface area contributed by atoms with Crippen molar-refractivity contribution in [3.05, 3.63) is 29.3 Å². The molecular weight excluding hydrogens is 222 g/mol. The molecule has 18 heavy (non-hydrogen) atoms. The number of nitrogens with two attached hydrogens (primary N) is 1. The minimum Gasteiger partial charge on any atom is -0.492 e. The van der Waals surface area contributed by atoms with Gasteiger partial charge in [-0.3, -0.25) is 0 Å². The van der Waals surface area contributed by atoms with Crippen LogP contribution in [-0.4, -0.2) is 12.6 Å². The summed E-state index contributed by atoms with van der Waals surface area (Å²) >= 11 is 0. The molecule has 0 heterocycles. The average molecular weight is 247 g/mol. The van der Waals surface area contributed by atoms with E-state index in [1.807, 2.05) is 0 Å². The van der Waals surface area contributed by atoms with E-state index in [-0.39, 0.29) is 11.5 Å². The van der Waals surface area contributed by atoms with Crippen LogP contribution in [0.3, 0.4) is 0 Å². The summed E-state index contributed by atoms with van der Waals surface area (Å²) in [5.41, 5.74) is 8.70. The van der Waals surface area contributed by atoms with Crippen molar-refractivity contribution in [2.45, 2.75) is 52.0 Å². The second kappa shape index (κ2) is 4.93. The van der Waals surface area contributed by atoms with Gasteiger partial charge in [0.2, 0.25) is 0 Å². The van der Waals surface area contributed by atoms with Crippen molar-refractivity contribution in [2.75, 3.05) is 6.61 Å². The van der Waals surface area contributed by atoms with Crippen molar-refractivity contribution in [2.24, 2.45) is 11.7 Å². The summed E-state index contributed by atoms with van der Waals surface area (Å²) in [6.45, 7) is 9.37. The zero-order valence-electron chi connectivity index (χ0n) is 12.0. The van der Waals surface area contributed by atoms with Crippen LogP contribution in [0.25, 0.3) is 0 Å². The molecule has 100 valence electrons. The number of ether oxygens (including phenoxy) is 1. The maximum Gasteiger partial charge on any atom is 0.123 e. The molecule has 0 aliphatic heterocycles. The lowest BCUT2D eigenvalue weighted by Gasteiger charge is -2.24. The highest BCUT2D eigenvalue weighted by molar-refractivity contribution is 5.41. The van der Waals surface area contributed by atoms with Gasteiger partial charge in [0.1, 0.15) is 12.4 Å². The molecule has 1 aliphatic carbocycles. The smallest absolute Gasteiger partial charge is 0.123 e. The van der Waals surface area contributed by atoms with E-state index in [9.17, 15) is 0 Å². The number of aryl methyl sites for hydroxylation is 1. The van der Waals surface area contributed by atoms with Crippen molar-refractivity contribution < 1.29 is 4.74 Å². The van der Waals surface area contributed by atoms with Crippen LogP contribution in [0.5, 0.6) is 5.75 Å². The molecule has 2 heteroatoms. The predicted octanol–water partition coefficient (Wildman–Crippen LogP) is 3.41. The van der Waals surface area contributed by atoms with E-state index in [0.717, 1.165) is 5.75 Å². The van der Waals surface area contributed by atoms with Crippen LogP contribution in [0.4, 0.5) is 0 Å².